The van der Waals surface area contributed by atoms with Gasteiger partial charge in [0.05, 0.1) is 11.4 Å². The maximum Gasteiger partial charge on any atom is 0.143 e. The standard InChI is InChI=1S/C11H18BrN3O/c1-7(2)15-10(6-12)13-14-11(15)9-4-5-16-8(9)3/h7-9H,4-6H2,1-3H3. The normalized spacial score (nSPS) is 25.6. The van der Waals surface area contributed by atoms with Gasteiger partial charge in [0.15, 0.2) is 0 Å². The second-order valence-corrected chi connectivity index (χ2v) is 5.10. The number of halogens is 1. The molecule has 0 saturated carbocycles. The third kappa shape index (κ3) is 2.02. The van der Waals surface area contributed by atoms with Crippen molar-refractivity contribution in [1.29, 1.82) is 0 Å². The van der Waals surface area contributed by atoms with E-state index in [-0.39, 0.29) is 6.10 Å². The van der Waals surface area contributed by atoms with Crippen LogP contribution < -0.4 is 0 Å². The molecule has 0 N–H and O–H groups in total. The minimum atomic E-state index is 0.255. The van der Waals surface area contributed by atoms with Crippen LogP contribution in [0, 0.1) is 0 Å². The summed E-state index contributed by atoms with van der Waals surface area (Å²) < 4.78 is 7.83. The zero-order chi connectivity index (χ0) is 11.7. The van der Waals surface area contributed by atoms with E-state index in [9.17, 15) is 0 Å². The van der Waals surface area contributed by atoms with Crippen LogP contribution in [0.1, 0.15) is 50.8 Å². The third-order valence-corrected chi connectivity index (χ3v) is 3.64. The van der Waals surface area contributed by atoms with Crippen LogP contribution in [0.25, 0.3) is 0 Å². The Morgan fingerprint density at radius 2 is 2.25 bits per heavy atom. The molecule has 0 radical (unpaired) electrons. The van der Waals surface area contributed by atoms with Crippen molar-refractivity contribution in [2.45, 2.75) is 50.6 Å². The van der Waals surface area contributed by atoms with Gasteiger partial charge in [-0.05, 0) is 27.2 Å². The van der Waals surface area contributed by atoms with Gasteiger partial charge in [0.25, 0.3) is 0 Å². The van der Waals surface area contributed by atoms with Crippen molar-refractivity contribution < 1.29 is 4.74 Å². The van der Waals surface area contributed by atoms with Gasteiger partial charge in [0.2, 0.25) is 0 Å². The van der Waals surface area contributed by atoms with Gasteiger partial charge in [-0.2, -0.15) is 0 Å². The quantitative estimate of drug-likeness (QED) is 0.803. The van der Waals surface area contributed by atoms with E-state index in [0.29, 0.717) is 12.0 Å². The number of nitrogens with zero attached hydrogens (tertiary/aromatic N) is 3. The van der Waals surface area contributed by atoms with Gasteiger partial charge in [-0.25, -0.2) is 0 Å². The van der Waals surface area contributed by atoms with Crippen LogP contribution in [0.4, 0.5) is 0 Å². The largest absolute Gasteiger partial charge is 0.378 e. The third-order valence-electron chi connectivity index (χ3n) is 3.14. The summed E-state index contributed by atoms with van der Waals surface area (Å²) in [4.78, 5) is 0. The summed E-state index contributed by atoms with van der Waals surface area (Å²) in [5, 5.41) is 9.34. The molecule has 1 aromatic rings. The number of ether oxygens (including phenoxy) is 1. The molecule has 0 bridgehead atoms. The van der Waals surface area contributed by atoms with Crippen molar-refractivity contribution in [3.8, 4) is 0 Å². The predicted octanol–water partition coefficient (Wildman–Crippen LogP) is 2.65. The molecule has 1 aromatic heterocycles. The molecule has 0 spiro atoms. The van der Waals surface area contributed by atoms with Crippen LogP contribution in [0.3, 0.4) is 0 Å². The van der Waals surface area contributed by atoms with Crippen LogP contribution in [-0.2, 0) is 10.1 Å². The molecular formula is C11H18BrN3O. The highest BCUT2D eigenvalue weighted by Crippen LogP contribution is 2.31. The molecule has 4 nitrogen and oxygen atoms in total. The summed E-state index contributed by atoms with van der Waals surface area (Å²) in [6.45, 7) is 7.28. The molecule has 0 amide bonds. The van der Waals surface area contributed by atoms with Gasteiger partial charge < -0.3 is 9.30 Å². The van der Waals surface area contributed by atoms with Gasteiger partial charge in [-0.3, -0.25) is 0 Å². The average Bonchev–Trinajstić information content (AvgIpc) is 2.82. The van der Waals surface area contributed by atoms with Gasteiger partial charge in [-0.15, -0.1) is 10.2 Å². The first-order valence-electron chi connectivity index (χ1n) is 5.76. The van der Waals surface area contributed by atoms with E-state index in [1.54, 1.807) is 0 Å². The topological polar surface area (TPSA) is 39.9 Å². The van der Waals surface area contributed by atoms with Gasteiger partial charge in [-0.1, -0.05) is 15.9 Å². The molecule has 2 unspecified atom stereocenters. The van der Waals surface area contributed by atoms with E-state index >= 15 is 0 Å². The summed E-state index contributed by atoms with van der Waals surface area (Å²) in [5.41, 5.74) is 0. The second kappa shape index (κ2) is 4.84. The Balaban J connectivity index is 2.36. The molecule has 16 heavy (non-hydrogen) atoms. The summed E-state index contributed by atoms with van der Waals surface area (Å²) in [6.07, 6.45) is 1.30. The van der Waals surface area contributed by atoms with Crippen molar-refractivity contribution >= 4 is 15.9 Å². The molecule has 5 heteroatoms. The van der Waals surface area contributed by atoms with Crippen LogP contribution in [0.2, 0.25) is 0 Å². The highest BCUT2D eigenvalue weighted by molar-refractivity contribution is 9.08. The number of hydrogen-bond acceptors (Lipinski definition) is 3. The van der Waals surface area contributed by atoms with Crippen molar-refractivity contribution in [2.24, 2.45) is 0 Å². The van der Waals surface area contributed by atoms with Crippen LogP contribution in [0.5, 0.6) is 0 Å². The molecule has 2 rings (SSSR count). The summed E-state index contributed by atoms with van der Waals surface area (Å²) in [5.74, 6) is 2.47. The lowest BCUT2D eigenvalue weighted by Gasteiger charge is -2.18. The summed E-state index contributed by atoms with van der Waals surface area (Å²) >= 11 is 3.46. The molecule has 1 aliphatic heterocycles. The lowest BCUT2D eigenvalue weighted by molar-refractivity contribution is 0.116. The Bertz CT molecular complexity index is 364. The lowest BCUT2D eigenvalue weighted by atomic mass is 10.0. The Hall–Kier alpha value is -0.420. The molecule has 90 valence electrons. The van der Waals surface area contributed by atoms with Crippen LogP contribution >= 0.6 is 15.9 Å². The van der Waals surface area contributed by atoms with E-state index in [1.165, 1.54) is 0 Å². The highest BCUT2D eigenvalue weighted by atomic mass is 79.9. The number of aromatic nitrogens is 3. The Kier molecular flexibility index (Phi) is 3.64. The molecule has 0 aliphatic carbocycles. The molecule has 1 aliphatic rings. The van der Waals surface area contributed by atoms with Crippen molar-refractivity contribution in [2.75, 3.05) is 6.61 Å². The molecular weight excluding hydrogens is 270 g/mol. The van der Waals surface area contributed by atoms with Crippen LogP contribution in [-0.4, -0.2) is 27.5 Å². The predicted molar refractivity (Wildman–Crippen MR) is 65.8 cm³/mol. The maximum atomic E-state index is 5.60. The molecule has 1 fully saturated rings. The monoisotopic (exact) mass is 287 g/mol. The summed E-state index contributed by atoms with van der Waals surface area (Å²) in [7, 11) is 0. The van der Waals surface area contributed by atoms with Crippen LogP contribution in [0.15, 0.2) is 0 Å². The average molecular weight is 288 g/mol. The maximum absolute atomic E-state index is 5.60. The fourth-order valence-corrected chi connectivity index (χ4v) is 2.70. The zero-order valence-electron chi connectivity index (χ0n) is 9.98. The first kappa shape index (κ1) is 12.0. The van der Waals surface area contributed by atoms with E-state index in [4.69, 9.17) is 4.74 Å². The first-order valence-corrected chi connectivity index (χ1v) is 6.88. The van der Waals surface area contributed by atoms with E-state index in [1.807, 2.05) is 0 Å². The van der Waals surface area contributed by atoms with E-state index in [2.05, 4.69) is 51.5 Å². The molecule has 2 heterocycles. The second-order valence-electron chi connectivity index (χ2n) is 4.54. The van der Waals surface area contributed by atoms with Crippen molar-refractivity contribution in [3.63, 3.8) is 0 Å². The minimum Gasteiger partial charge on any atom is -0.378 e. The summed E-state index contributed by atoms with van der Waals surface area (Å²) in [6, 6.07) is 0.394. The van der Waals surface area contributed by atoms with Gasteiger partial charge in [0.1, 0.15) is 11.6 Å². The fourth-order valence-electron chi connectivity index (χ4n) is 2.31. The van der Waals surface area contributed by atoms with E-state index < -0.39 is 0 Å². The van der Waals surface area contributed by atoms with E-state index in [0.717, 1.165) is 30.0 Å². The lowest BCUT2D eigenvalue weighted by Crippen LogP contribution is -2.17. The number of alkyl halides is 1. The fraction of sp³-hybridized carbons (Fsp3) is 0.818. The molecule has 2 atom stereocenters. The molecule has 0 aromatic carbocycles. The first-order chi connectivity index (χ1) is 7.65. The van der Waals surface area contributed by atoms with Crippen molar-refractivity contribution in [3.05, 3.63) is 11.6 Å². The van der Waals surface area contributed by atoms with Gasteiger partial charge in [0, 0.05) is 18.6 Å². The number of rotatable bonds is 3. The smallest absolute Gasteiger partial charge is 0.143 e. The Morgan fingerprint density at radius 1 is 1.50 bits per heavy atom. The SMILES string of the molecule is CC1OCCC1c1nnc(CBr)n1C(C)C. The highest BCUT2D eigenvalue weighted by Gasteiger charge is 2.31. The Morgan fingerprint density at radius 3 is 2.75 bits per heavy atom. The van der Waals surface area contributed by atoms with Crippen molar-refractivity contribution in [1.82, 2.24) is 14.8 Å². The van der Waals surface area contributed by atoms with Gasteiger partial charge >= 0.3 is 0 Å². The minimum absolute atomic E-state index is 0.255. The zero-order valence-corrected chi connectivity index (χ0v) is 11.6. The Labute approximate surface area is 105 Å². The molecule has 1 saturated heterocycles. The number of hydrogen-bond donors (Lipinski definition) is 0.